The molecule has 0 fully saturated rings. The van der Waals surface area contributed by atoms with E-state index >= 15 is 0 Å². The van der Waals surface area contributed by atoms with Crippen molar-refractivity contribution in [1.29, 1.82) is 0 Å². The van der Waals surface area contributed by atoms with Crippen molar-refractivity contribution in [2.75, 3.05) is 14.2 Å². The highest BCUT2D eigenvalue weighted by Crippen LogP contribution is 2.15. The minimum Gasteiger partial charge on any atom is -0.526 e. The van der Waals surface area contributed by atoms with E-state index in [1.165, 1.54) is 14.2 Å². The number of carbonyl (C=O) groups is 2. The first-order valence-electron chi connectivity index (χ1n) is 6.66. The third kappa shape index (κ3) is 4.51. The average Bonchev–Trinajstić information content (AvgIpc) is 2.61. The molecule has 23 heavy (non-hydrogen) atoms. The quantitative estimate of drug-likeness (QED) is 0.602. The van der Waals surface area contributed by atoms with Crippen molar-refractivity contribution in [2.45, 2.75) is 0 Å². The van der Waals surface area contributed by atoms with Gasteiger partial charge in [0.2, 0.25) is 0 Å². The van der Waals surface area contributed by atoms with Crippen LogP contribution in [0, 0.1) is 0 Å². The third-order valence-corrected chi connectivity index (χ3v) is 2.92. The zero-order valence-electron chi connectivity index (χ0n) is 12.6. The fraction of sp³-hybridized carbons (Fsp3) is 0.125. The van der Waals surface area contributed by atoms with Crippen molar-refractivity contribution in [3.63, 3.8) is 0 Å². The lowest BCUT2D eigenvalue weighted by atomic mass is 10.2. The Labute approximate surface area is 134 Å². The molecule has 0 saturated carbocycles. The van der Waals surface area contributed by atoms with Crippen LogP contribution in [0.15, 0.2) is 48.5 Å². The molecule has 7 heteroatoms. The van der Waals surface area contributed by atoms with E-state index in [1.807, 2.05) is 0 Å². The SMILES string of the molecule is COC(=O)c1ccc(O[B]Oc2ccc(C(=O)OC)cc2)cc1. The normalized spacial score (nSPS) is 9.65. The van der Waals surface area contributed by atoms with Gasteiger partial charge in [0.15, 0.2) is 0 Å². The van der Waals surface area contributed by atoms with Gasteiger partial charge in [-0.05, 0) is 48.5 Å². The topological polar surface area (TPSA) is 71.1 Å². The first-order chi connectivity index (χ1) is 11.1. The molecule has 0 aliphatic rings. The molecular formula is C16H14BO6. The van der Waals surface area contributed by atoms with Gasteiger partial charge in [-0.25, -0.2) is 9.59 Å². The van der Waals surface area contributed by atoms with Gasteiger partial charge >= 0.3 is 19.6 Å². The average molecular weight is 313 g/mol. The van der Waals surface area contributed by atoms with E-state index in [-0.39, 0.29) is 0 Å². The molecule has 0 spiro atoms. The first-order valence-corrected chi connectivity index (χ1v) is 6.66. The van der Waals surface area contributed by atoms with Crippen LogP contribution in [-0.2, 0) is 9.47 Å². The first kappa shape index (κ1) is 16.4. The van der Waals surface area contributed by atoms with Crippen molar-refractivity contribution >= 4 is 19.6 Å². The number of methoxy groups -OCH3 is 2. The molecule has 0 saturated heterocycles. The van der Waals surface area contributed by atoms with Gasteiger partial charge in [0, 0.05) is 0 Å². The molecule has 0 amide bonds. The summed E-state index contributed by atoms with van der Waals surface area (Å²) in [5.41, 5.74) is 0.860. The van der Waals surface area contributed by atoms with Gasteiger partial charge in [0.05, 0.1) is 25.3 Å². The predicted octanol–water partition coefficient (Wildman–Crippen LogP) is 2.25. The summed E-state index contributed by atoms with van der Waals surface area (Å²) in [6, 6.07) is 12.8. The maximum absolute atomic E-state index is 11.3. The molecule has 0 N–H and O–H groups in total. The highest BCUT2D eigenvalue weighted by Gasteiger charge is 2.08. The van der Waals surface area contributed by atoms with Gasteiger partial charge in [0.25, 0.3) is 0 Å². The largest absolute Gasteiger partial charge is 0.658 e. The zero-order valence-corrected chi connectivity index (χ0v) is 12.6. The summed E-state index contributed by atoms with van der Waals surface area (Å²) in [5.74, 6) is 0.178. The Bertz CT molecular complexity index is 606. The molecule has 1 radical (unpaired) electrons. The lowest BCUT2D eigenvalue weighted by Gasteiger charge is -2.07. The molecule has 2 aromatic rings. The number of esters is 2. The van der Waals surface area contributed by atoms with Gasteiger partial charge in [-0.15, -0.1) is 0 Å². The van der Waals surface area contributed by atoms with E-state index in [4.69, 9.17) is 9.31 Å². The second-order valence-electron chi connectivity index (χ2n) is 4.36. The molecule has 0 heterocycles. The number of benzene rings is 2. The van der Waals surface area contributed by atoms with Crippen molar-refractivity contribution in [3.8, 4) is 11.5 Å². The maximum Gasteiger partial charge on any atom is 0.658 e. The van der Waals surface area contributed by atoms with Crippen LogP contribution >= 0.6 is 0 Å². The number of rotatable bonds is 6. The van der Waals surface area contributed by atoms with Crippen LogP contribution in [0.5, 0.6) is 11.5 Å². The van der Waals surface area contributed by atoms with Crippen LogP contribution in [0.1, 0.15) is 20.7 Å². The fourth-order valence-electron chi connectivity index (χ4n) is 1.71. The molecule has 0 aromatic heterocycles. The van der Waals surface area contributed by atoms with Crippen LogP contribution < -0.4 is 9.31 Å². The molecule has 117 valence electrons. The highest BCUT2D eigenvalue weighted by atomic mass is 16.6. The zero-order chi connectivity index (χ0) is 16.7. The fourth-order valence-corrected chi connectivity index (χ4v) is 1.71. The number of ether oxygens (including phenoxy) is 2. The summed E-state index contributed by atoms with van der Waals surface area (Å²) in [5, 5.41) is 0. The van der Waals surface area contributed by atoms with Gasteiger partial charge in [-0.2, -0.15) is 0 Å². The van der Waals surface area contributed by atoms with Crippen LogP contribution in [0.2, 0.25) is 0 Å². The van der Waals surface area contributed by atoms with Crippen molar-refractivity contribution < 1.29 is 28.4 Å². The molecule has 2 rings (SSSR count). The van der Waals surface area contributed by atoms with Crippen molar-refractivity contribution in [2.24, 2.45) is 0 Å². The minimum absolute atomic E-state index is 0.414. The van der Waals surface area contributed by atoms with Crippen LogP contribution in [0.4, 0.5) is 0 Å². The van der Waals surface area contributed by atoms with Gasteiger partial charge in [0.1, 0.15) is 11.5 Å². The second-order valence-corrected chi connectivity index (χ2v) is 4.36. The molecule has 6 nitrogen and oxygen atoms in total. The summed E-state index contributed by atoms with van der Waals surface area (Å²) in [6.45, 7) is 0. The Morgan fingerprint density at radius 3 is 1.35 bits per heavy atom. The molecule has 0 atom stereocenters. The van der Waals surface area contributed by atoms with E-state index in [2.05, 4.69) is 9.47 Å². The number of hydrogen-bond donors (Lipinski definition) is 0. The van der Waals surface area contributed by atoms with Gasteiger partial charge < -0.3 is 18.8 Å². The summed E-state index contributed by atoms with van der Waals surface area (Å²) in [7, 11) is 3.79. The Morgan fingerprint density at radius 1 is 0.696 bits per heavy atom. The Morgan fingerprint density at radius 2 is 1.04 bits per heavy atom. The number of carbonyl (C=O) groups excluding carboxylic acids is 2. The Balaban J connectivity index is 1.85. The van der Waals surface area contributed by atoms with E-state index in [1.54, 1.807) is 48.5 Å². The molecule has 0 aliphatic carbocycles. The lowest BCUT2D eigenvalue weighted by Crippen LogP contribution is -2.11. The van der Waals surface area contributed by atoms with Crippen LogP contribution in [-0.4, -0.2) is 33.8 Å². The van der Waals surface area contributed by atoms with E-state index in [9.17, 15) is 9.59 Å². The minimum atomic E-state index is -0.414. The van der Waals surface area contributed by atoms with Crippen molar-refractivity contribution in [1.82, 2.24) is 0 Å². The van der Waals surface area contributed by atoms with Crippen LogP contribution in [0.3, 0.4) is 0 Å². The van der Waals surface area contributed by atoms with Crippen LogP contribution in [0.25, 0.3) is 0 Å². The summed E-state index contributed by atoms with van der Waals surface area (Å²) in [4.78, 5) is 22.6. The smallest absolute Gasteiger partial charge is 0.526 e. The Kier molecular flexibility index (Phi) is 5.63. The second kappa shape index (κ2) is 7.88. The van der Waals surface area contributed by atoms with Gasteiger partial charge in [-0.3, -0.25) is 0 Å². The molecule has 2 aromatic carbocycles. The maximum atomic E-state index is 11.3. The molecule has 0 aliphatic heterocycles. The monoisotopic (exact) mass is 313 g/mol. The Hall–Kier alpha value is -2.96. The summed E-state index contributed by atoms with van der Waals surface area (Å²) >= 11 is 0. The highest BCUT2D eigenvalue weighted by molar-refractivity contribution is 6.20. The predicted molar refractivity (Wildman–Crippen MR) is 82.6 cm³/mol. The number of hydrogen-bond acceptors (Lipinski definition) is 6. The molecule has 0 bridgehead atoms. The van der Waals surface area contributed by atoms with Crippen molar-refractivity contribution in [3.05, 3.63) is 59.7 Å². The van der Waals surface area contributed by atoms with E-state index < -0.39 is 11.9 Å². The lowest BCUT2D eigenvalue weighted by molar-refractivity contribution is 0.0592. The summed E-state index contributed by atoms with van der Waals surface area (Å²) < 4.78 is 19.8. The van der Waals surface area contributed by atoms with E-state index in [0.29, 0.717) is 22.6 Å². The summed E-state index contributed by atoms with van der Waals surface area (Å²) in [6.07, 6.45) is 0. The molecule has 0 unspecified atom stereocenters. The third-order valence-electron chi connectivity index (χ3n) is 2.92. The molecular weight excluding hydrogens is 299 g/mol. The van der Waals surface area contributed by atoms with Gasteiger partial charge in [-0.1, -0.05) is 0 Å². The standard InChI is InChI=1S/C16H14BO6/c1-20-15(18)11-3-7-13(8-4-11)22-17-23-14-9-5-12(6-10-14)16(19)21-2/h3-10H,1-2H3. The van der Waals surface area contributed by atoms with E-state index in [0.717, 1.165) is 7.69 Å².